The first-order valence-corrected chi connectivity index (χ1v) is 12.9. The molecule has 0 saturated heterocycles. The van der Waals surface area contributed by atoms with Gasteiger partial charge in [0.25, 0.3) is 0 Å². The Balaban J connectivity index is 1.74. The van der Waals surface area contributed by atoms with E-state index in [1.54, 1.807) is 30.3 Å². The fourth-order valence-corrected chi connectivity index (χ4v) is 4.45. The number of aliphatic imine (C=N–C) groups is 1. The van der Waals surface area contributed by atoms with Crippen molar-refractivity contribution < 1.29 is 23.1 Å². The molecular weight excluding hydrogens is 538 g/mol. The number of amides is 2. The molecule has 4 rings (SSSR count). The van der Waals surface area contributed by atoms with Gasteiger partial charge in [0.2, 0.25) is 5.91 Å². The Morgan fingerprint density at radius 3 is 2.67 bits per heavy atom. The van der Waals surface area contributed by atoms with Gasteiger partial charge in [0, 0.05) is 40.7 Å². The first-order valence-electron chi connectivity index (χ1n) is 12.5. The monoisotopic (exact) mass is 564 g/mol. The molecule has 0 spiro atoms. The van der Waals surface area contributed by atoms with Crippen molar-refractivity contribution in [3.63, 3.8) is 0 Å². The third kappa shape index (κ3) is 6.43. The van der Waals surface area contributed by atoms with Gasteiger partial charge in [-0.25, -0.2) is 13.6 Å². The first-order chi connectivity index (χ1) is 19.2. The van der Waals surface area contributed by atoms with Crippen LogP contribution in [0.5, 0.6) is 0 Å². The zero-order valence-corrected chi connectivity index (χ0v) is 22.9. The quantitative estimate of drug-likeness (QED) is 0.316. The summed E-state index contributed by atoms with van der Waals surface area (Å²) < 4.78 is 33.6. The lowest BCUT2D eigenvalue weighted by atomic mass is 10.0. The maximum absolute atomic E-state index is 14.6. The summed E-state index contributed by atoms with van der Waals surface area (Å²) in [5.74, 6) is -1.77. The molecule has 0 saturated carbocycles. The Morgan fingerprint density at radius 2 is 1.98 bits per heavy atom. The number of carbonyl (C=O) groups excluding carboxylic acids is 2. The molecule has 7 nitrogen and oxygen atoms in total. The topological polar surface area (TPSA) is 92.7 Å². The maximum Gasteiger partial charge on any atom is 0.411 e. The molecule has 0 unspecified atom stereocenters. The largest absolute Gasteiger partial charge is 0.453 e. The summed E-state index contributed by atoms with van der Waals surface area (Å²) >= 11 is 5.86. The number of ether oxygens (including phenoxy) is 1. The standard InChI is InChI=1S/C30H27ClF2N4O3/c1-4-24-21-11-10-19(36-30(39)40-3)15-26(21)37-27(38)8-6-5-7-20(17(2)35-24)25-14-9-18(16-34-25)28-23(32)13-12-22(31)29(28)33/h4,7,9-16H,5-6,8H2,1-3H3,(H,36,39)(H,37,38)/b20-7+,24-4-,35-17-. The van der Waals surface area contributed by atoms with Gasteiger partial charge in [-0.2, -0.15) is 0 Å². The van der Waals surface area contributed by atoms with Crippen molar-refractivity contribution in [1.29, 1.82) is 0 Å². The van der Waals surface area contributed by atoms with Crippen LogP contribution in [-0.2, 0) is 9.53 Å². The van der Waals surface area contributed by atoms with E-state index in [2.05, 4.69) is 20.4 Å². The molecule has 2 heterocycles. The molecule has 0 fully saturated rings. The molecule has 2 amide bonds. The van der Waals surface area contributed by atoms with Crippen molar-refractivity contribution in [2.45, 2.75) is 33.1 Å². The van der Waals surface area contributed by atoms with Gasteiger partial charge >= 0.3 is 6.09 Å². The number of halogens is 3. The van der Waals surface area contributed by atoms with E-state index in [0.717, 1.165) is 11.6 Å². The van der Waals surface area contributed by atoms with Crippen LogP contribution in [0.25, 0.3) is 22.4 Å². The van der Waals surface area contributed by atoms with Crippen molar-refractivity contribution in [2.24, 2.45) is 4.99 Å². The molecule has 10 heteroatoms. The lowest BCUT2D eigenvalue weighted by Crippen LogP contribution is -2.15. The fraction of sp³-hybridized carbons (Fsp3) is 0.200. The van der Waals surface area contributed by atoms with Gasteiger partial charge in [0.05, 0.1) is 34.8 Å². The molecule has 1 aliphatic rings. The second-order valence-corrected chi connectivity index (χ2v) is 9.36. The van der Waals surface area contributed by atoms with Gasteiger partial charge < -0.3 is 10.1 Å². The average Bonchev–Trinajstić information content (AvgIpc) is 2.94. The number of methoxy groups -OCH3 is 1. The minimum atomic E-state index is -0.848. The van der Waals surface area contributed by atoms with E-state index < -0.39 is 17.7 Å². The maximum atomic E-state index is 14.6. The van der Waals surface area contributed by atoms with Crippen LogP contribution in [0.1, 0.15) is 44.4 Å². The van der Waals surface area contributed by atoms with Crippen molar-refractivity contribution in [2.75, 3.05) is 17.7 Å². The third-order valence-corrected chi connectivity index (χ3v) is 6.57. The van der Waals surface area contributed by atoms with E-state index >= 15 is 0 Å². The molecular formula is C30H27ClF2N4O3. The van der Waals surface area contributed by atoms with Crippen LogP contribution in [0.15, 0.2) is 65.8 Å². The van der Waals surface area contributed by atoms with Gasteiger partial charge in [-0.1, -0.05) is 29.8 Å². The van der Waals surface area contributed by atoms with E-state index in [1.807, 2.05) is 26.0 Å². The first kappa shape index (κ1) is 28.6. The summed E-state index contributed by atoms with van der Waals surface area (Å²) in [4.78, 5) is 33.8. The van der Waals surface area contributed by atoms with Gasteiger partial charge in [0.15, 0.2) is 5.82 Å². The number of hydrogen-bond acceptors (Lipinski definition) is 5. The molecule has 0 radical (unpaired) electrons. The molecule has 1 aromatic heterocycles. The average molecular weight is 565 g/mol. The molecule has 0 atom stereocenters. The third-order valence-electron chi connectivity index (χ3n) is 6.28. The van der Waals surface area contributed by atoms with Crippen LogP contribution in [-0.4, -0.2) is 29.8 Å². The number of allylic oxidation sites excluding steroid dienone is 3. The summed E-state index contributed by atoms with van der Waals surface area (Å²) in [6.45, 7) is 3.67. The Hall–Kier alpha value is -4.37. The second-order valence-electron chi connectivity index (χ2n) is 8.96. The summed E-state index contributed by atoms with van der Waals surface area (Å²) in [6.07, 6.45) is 5.92. The van der Waals surface area contributed by atoms with E-state index in [9.17, 15) is 18.4 Å². The van der Waals surface area contributed by atoms with Crippen LogP contribution in [0.2, 0.25) is 5.02 Å². The highest BCUT2D eigenvalue weighted by molar-refractivity contribution is 6.31. The zero-order chi connectivity index (χ0) is 28.8. The smallest absolute Gasteiger partial charge is 0.411 e. The molecule has 40 heavy (non-hydrogen) atoms. The zero-order valence-electron chi connectivity index (χ0n) is 22.1. The van der Waals surface area contributed by atoms with Gasteiger partial charge in [-0.15, -0.1) is 0 Å². The number of nitrogens with one attached hydrogen (secondary N) is 2. The Kier molecular flexibility index (Phi) is 9.06. The summed E-state index contributed by atoms with van der Waals surface area (Å²) in [6, 6.07) is 10.6. The van der Waals surface area contributed by atoms with Crippen LogP contribution in [0, 0.1) is 11.6 Å². The molecule has 0 bridgehead atoms. The predicted octanol–water partition coefficient (Wildman–Crippen LogP) is 7.89. The Labute approximate surface area is 235 Å². The van der Waals surface area contributed by atoms with Crippen LogP contribution in [0.3, 0.4) is 0 Å². The number of anilines is 2. The number of rotatable bonds is 3. The van der Waals surface area contributed by atoms with Gasteiger partial charge in [0.1, 0.15) is 5.82 Å². The molecule has 2 aromatic carbocycles. The summed E-state index contributed by atoms with van der Waals surface area (Å²) in [7, 11) is 1.27. The molecule has 3 aromatic rings. The van der Waals surface area contributed by atoms with Crippen molar-refractivity contribution in [1.82, 2.24) is 4.98 Å². The normalized spacial score (nSPS) is 17.8. The van der Waals surface area contributed by atoms with E-state index in [4.69, 9.17) is 16.6 Å². The minimum Gasteiger partial charge on any atom is -0.453 e. The molecule has 1 aliphatic heterocycles. The van der Waals surface area contributed by atoms with Crippen LogP contribution in [0.4, 0.5) is 25.0 Å². The molecule has 2 N–H and O–H groups in total. The number of fused-ring (bicyclic) bond motifs is 1. The number of pyridine rings is 1. The van der Waals surface area contributed by atoms with Crippen molar-refractivity contribution >= 4 is 52.0 Å². The number of carbonyl (C=O) groups is 2. The van der Waals surface area contributed by atoms with Gasteiger partial charge in [-0.3, -0.25) is 20.1 Å². The predicted molar refractivity (Wildman–Crippen MR) is 154 cm³/mol. The van der Waals surface area contributed by atoms with E-state index in [-0.39, 0.29) is 28.5 Å². The van der Waals surface area contributed by atoms with Gasteiger partial charge in [-0.05, 0) is 63.1 Å². The Bertz CT molecular complexity index is 1550. The lowest BCUT2D eigenvalue weighted by molar-refractivity contribution is -0.116. The van der Waals surface area contributed by atoms with E-state index in [1.165, 1.54) is 19.4 Å². The van der Waals surface area contributed by atoms with Crippen molar-refractivity contribution in [3.05, 3.63) is 88.7 Å². The van der Waals surface area contributed by atoms with Crippen LogP contribution >= 0.6 is 11.6 Å². The Morgan fingerprint density at radius 1 is 1.18 bits per heavy atom. The number of aromatic nitrogens is 1. The fourth-order valence-electron chi connectivity index (χ4n) is 4.29. The van der Waals surface area contributed by atoms with E-state index in [0.29, 0.717) is 46.9 Å². The number of nitrogens with zero attached hydrogens (tertiary/aromatic N) is 2. The second kappa shape index (κ2) is 12.7. The highest BCUT2D eigenvalue weighted by Gasteiger charge is 2.18. The molecule has 0 aliphatic carbocycles. The van der Waals surface area contributed by atoms with Crippen LogP contribution < -0.4 is 10.6 Å². The number of hydrogen-bond donors (Lipinski definition) is 2. The highest BCUT2D eigenvalue weighted by atomic mass is 35.5. The van der Waals surface area contributed by atoms with Crippen molar-refractivity contribution in [3.8, 4) is 11.1 Å². The summed E-state index contributed by atoms with van der Waals surface area (Å²) in [5, 5.41) is 5.34. The summed E-state index contributed by atoms with van der Waals surface area (Å²) in [5.41, 5.74) is 4.12. The lowest BCUT2D eigenvalue weighted by Gasteiger charge is -2.16. The number of benzene rings is 2. The SMILES string of the molecule is C\C=C1/N=C(C)\C(c2ccc(-c3c(F)ccc(Cl)c3F)cn2)=C/CCCC(=O)Nc2cc(NC(=O)OC)ccc21. The minimum absolute atomic E-state index is 0.179. The highest BCUT2D eigenvalue weighted by Crippen LogP contribution is 2.33. The molecule has 206 valence electrons.